The van der Waals surface area contributed by atoms with E-state index in [2.05, 4.69) is 29.9 Å². The van der Waals surface area contributed by atoms with Crippen molar-refractivity contribution in [1.29, 1.82) is 0 Å². The fraction of sp³-hybridized carbons (Fsp3) is 0. The Balaban J connectivity index is 1.22. The molecule has 0 saturated heterocycles. The van der Waals surface area contributed by atoms with Crippen LogP contribution in [0.25, 0.3) is 78.4 Å². The lowest BCUT2D eigenvalue weighted by atomic mass is 9.90. The van der Waals surface area contributed by atoms with Gasteiger partial charge in [0.1, 0.15) is 17.5 Å². The van der Waals surface area contributed by atoms with Gasteiger partial charge in [0, 0.05) is 58.2 Å². The molecule has 8 rings (SSSR count). The third kappa shape index (κ3) is 6.16. The lowest BCUT2D eigenvalue weighted by molar-refractivity contribution is 0.631. The molecule has 8 aromatic rings. The van der Waals surface area contributed by atoms with Crippen LogP contribution in [0, 0.1) is 11.6 Å². The Kier molecular flexibility index (Phi) is 8.29. The molecular formula is C40H26F2N10. The van der Waals surface area contributed by atoms with Crippen molar-refractivity contribution < 1.29 is 8.78 Å². The van der Waals surface area contributed by atoms with Gasteiger partial charge in [0.2, 0.25) is 5.95 Å². The van der Waals surface area contributed by atoms with Gasteiger partial charge in [-0.25, -0.2) is 23.7 Å². The first-order valence-corrected chi connectivity index (χ1v) is 16.0. The van der Waals surface area contributed by atoms with Crippen LogP contribution >= 0.6 is 0 Å². The normalized spacial score (nSPS) is 11.0. The third-order valence-corrected chi connectivity index (χ3v) is 8.51. The molecule has 0 unspecified atom stereocenters. The summed E-state index contributed by atoms with van der Waals surface area (Å²) in [4.78, 5) is 34.7. The molecule has 0 amide bonds. The molecule has 52 heavy (non-hydrogen) atoms. The van der Waals surface area contributed by atoms with E-state index in [9.17, 15) is 0 Å². The number of nitrogens with two attached hydrogens (primary N) is 2. The van der Waals surface area contributed by atoms with Crippen molar-refractivity contribution in [2.45, 2.75) is 0 Å². The Morgan fingerprint density at radius 2 is 0.981 bits per heavy atom. The molecule has 0 fully saturated rings. The van der Waals surface area contributed by atoms with Gasteiger partial charge in [0.15, 0.2) is 0 Å². The van der Waals surface area contributed by atoms with Crippen molar-refractivity contribution in [1.82, 2.24) is 39.9 Å². The number of anilines is 2. The summed E-state index contributed by atoms with van der Waals surface area (Å²) in [5.74, 6) is -0.612. The number of nitrogens with zero attached hydrogens (tertiary/aromatic N) is 8. The third-order valence-electron chi connectivity index (χ3n) is 8.51. The maximum Gasteiger partial charge on any atom is 0.219 e. The molecule has 250 valence electrons. The maximum atomic E-state index is 16.0. The Bertz CT molecular complexity index is 2550. The lowest BCUT2D eigenvalue weighted by Crippen LogP contribution is -1.98. The van der Waals surface area contributed by atoms with E-state index in [0.29, 0.717) is 50.6 Å². The average Bonchev–Trinajstić information content (AvgIpc) is 3.19. The molecule has 0 aliphatic rings. The van der Waals surface area contributed by atoms with Gasteiger partial charge in [-0.15, -0.1) is 0 Å². The Morgan fingerprint density at radius 1 is 0.385 bits per heavy atom. The second kappa shape index (κ2) is 13.5. The van der Waals surface area contributed by atoms with Crippen molar-refractivity contribution in [3.63, 3.8) is 0 Å². The highest BCUT2D eigenvalue weighted by Crippen LogP contribution is 2.41. The van der Waals surface area contributed by atoms with Crippen LogP contribution in [0.1, 0.15) is 0 Å². The zero-order valence-electron chi connectivity index (χ0n) is 27.2. The van der Waals surface area contributed by atoms with Gasteiger partial charge in [-0.05, 0) is 46.5 Å². The standard InChI is InChI=1S/C40H26F2N10/c41-33-13-23(9-10-29(33)37-21-50-39(43)22-49-37)25-5-1-3-7-27(25)36-19-48-38(20-47-36)32-14-30(24-16-51-40(44)52-17-24)34(42)15-31(32)26-6-2-4-8-28(26)35-18-45-11-12-46-35/h1-22H,(H2,43,50)(H2,44,51,52). The van der Waals surface area contributed by atoms with Gasteiger partial charge < -0.3 is 11.5 Å². The summed E-state index contributed by atoms with van der Waals surface area (Å²) in [5.41, 5.74) is 19.3. The van der Waals surface area contributed by atoms with E-state index < -0.39 is 11.6 Å². The van der Waals surface area contributed by atoms with Gasteiger partial charge in [-0.2, -0.15) is 0 Å². The Labute approximate surface area is 296 Å². The van der Waals surface area contributed by atoms with Gasteiger partial charge in [0.25, 0.3) is 0 Å². The lowest BCUT2D eigenvalue weighted by Gasteiger charge is -2.16. The number of hydrogen-bond acceptors (Lipinski definition) is 10. The van der Waals surface area contributed by atoms with Crippen molar-refractivity contribution in [2.75, 3.05) is 11.5 Å². The monoisotopic (exact) mass is 684 g/mol. The quantitative estimate of drug-likeness (QED) is 0.169. The molecule has 0 saturated carbocycles. The second-order valence-corrected chi connectivity index (χ2v) is 11.7. The summed E-state index contributed by atoms with van der Waals surface area (Å²) in [6.07, 6.45) is 13.9. The Morgan fingerprint density at radius 3 is 1.63 bits per heavy atom. The van der Waals surface area contributed by atoms with Crippen molar-refractivity contribution in [2.24, 2.45) is 0 Å². The first-order chi connectivity index (χ1) is 25.4. The predicted octanol–water partition coefficient (Wildman–Crippen LogP) is 7.96. The van der Waals surface area contributed by atoms with E-state index in [1.165, 1.54) is 36.9 Å². The molecule has 4 N–H and O–H groups in total. The fourth-order valence-electron chi connectivity index (χ4n) is 6.02. The first-order valence-electron chi connectivity index (χ1n) is 16.0. The molecule has 0 bridgehead atoms. The summed E-state index contributed by atoms with van der Waals surface area (Å²) < 4.78 is 31.5. The number of nitrogen functional groups attached to an aromatic ring is 2. The van der Waals surface area contributed by atoms with Gasteiger partial charge >= 0.3 is 0 Å². The van der Waals surface area contributed by atoms with Crippen LogP contribution in [0.2, 0.25) is 0 Å². The van der Waals surface area contributed by atoms with Gasteiger partial charge in [0.05, 0.1) is 53.8 Å². The summed E-state index contributed by atoms with van der Waals surface area (Å²) >= 11 is 0. The van der Waals surface area contributed by atoms with Crippen LogP contribution in [-0.2, 0) is 0 Å². The highest BCUT2D eigenvalue weighted by Gasteiger charge is 2.20. The summed E-state index contributed by atoms with van der Waals surface area (Å²) in [7, 11) is 0. The molecule has 0 atom stereocenters. The largest absolute Gasteiger partial charge is 0.382 e. The van der Waals surface area contributed by atoms with Crippen LogP contribution in [0.4, 0.5) is 20.5 Å². The van der Waals surface area contributed by atoms with Crippen LogP contribution in [-0.4, -0.2) is 39.9 Å². The zero-order valence-corrected chi connectivity index (χ0v) is 27.2. The summed E-state index contributed by atoms with van der Waals surface area (Å²) in [6.45, 7) is 0. The number of aromatic nitrogens is 8. The summed E-state index contributed by atoms with van der Waals surface area (Å²) in [5, 5.41) is 0. The minimum atomic E-state index is -0.485. The highest BCUT2D eigenvalue weighted by atomic mass is 19.1. The van der Waals surface area contributed by atoms with Crippen molar-refractivity contribution >= 4 is 11.8 Å². The van der Waals surface area contributed by atoms with Crippen LogP contribution in [0.3, 0.4) is 0 Å². The van der Waals surface area contributed by atoms with Gasteiger partial charge in [-0.1, -0.05) is 54.6 Å². The predicted molar refractivity (Wildman–Crippen MR) is 196 cm³/mol. The smallest absolute Gasteiger partial charge is 0.219 e. The van der Waals surface area contributed by atoms with E-state index in [0.717, 1.165) is 22.3 Å². The molecular weight excluding hydrogens is 659 g/mol. The average molecular weight is 685 g/mol. The van der Waals surface area contributed by atoms with E-state index in [1.807, 2.05) is 54.6 Å². The summed E-state index contributed by atoms with van der Waals surface area (Å²) in [6, 6.07) is 23.2. The van der Waals surface area contributed by atoms with Gasteiger partial charge in [-0.3, -0.25) is 24.9 Å². The molecule has 0 aliphatic heterocycles. The zero-order chi connectivity index (χ0) is 35.6. The molecule has 4 heterocycles. The fourth-order valence-corrected chi connectivity index (χ4v) is 6.02. The molecule has 12 heteroatoms. The number of halogens is 2. The number of benzene rings is 4. The van der Waals surface area contributed by atoms with E-state index in [1.54, 1.807) is 43.1 Å². The molecule has 0 aliphatic carbocycles. The number of rotatable bonds is 7. The van der Waals surface area contributed by atoms with Crippen LogP contribution < -0.4 is 11.5 Å². The van der Waals surface area contributed by atoms with E-state index in [4.69, 9.17) is 21.4 Å². The van der Waals surface area contributed by atoms with Crippen LogP contribution in [0.15, 0.2) is 135 Å². The highest BCUT2D eigenvalue weighted by molar-refractivity contribution is 5.92. The second-order valence-electron chi connectivity index (χ2n) is 11.7. The molecule has 10 nitrogen and oxygen atoms in total. The van der Waals surface area contributed by atoms with Crippen LogP contribution in [0.5, 0.6) is 0 Å². The first kappa shape index (κ1) is 31.9. The Hall–Kier alpha value is -7.34. The SMILES string of the molecule is Nc1cnc(-c2ccc(-c3ccccc3-c3cnc(-c4cc(-c5cnc(N)nc5)c(F)cc4-c4ccccc4-c4cnccn4)cn3)cc2F)cn1. The maximum absolute atomic E-state index is 16.0. The topological polar surface area (TPSA) is 155 Å². The molecule has 0 radical (unpaired) electrons. The molecule has 4 aromatic heterocycles. The number of hydrogen-bond donors (Lipinski definition) is 2. The minimum Gasteiger partial charge on any atom is -0.382 e. The van der Waals surface area contributed by atoms with Crippen molar-refractivity contribution in [3.05, 3.63) is 146 Å². The van der Waals surface area contributed by atoms with E-state index in [-0.39, 0.29) is 17.3 Å². The minimum absolute atomic E-state index is 0.0791. The van der Waals surface area contributed by atoms with E-state index >= 15 is 8.78 Å². The van der Waals surface area contributed by atoms with Crippen molar-refractivity contribution in [3.8, 4) is 78.4 Å². The molecule has 0 spiro atoms. The molecule has 4 aromatic carbocycles.